The van der Waals surface area contributed by atoms with Gasteiger partial charge < -0.3 is 4.57 Å². The molecule has 0 saturated carbocycles. The first-order chi connectivity index (χ1) is 35.6. The second-order valence-corrected chi connectivity index (χ2v) is 29.7. The van der Waals surface area contributed by atoms with Crippen LogP contribution in [0.4, 0.5) is 4.39 Å². The summed E-state index contributed by atoms with van der Waals surface area (Å²) in [6, 6.07) is 57.8. The van der Waals surface area contributed by atoms with Crippen LogP contribution in [0.2, 0.25) is 17.3 Å². The van der Waals surface area contributed by atoms with Crippen LogP contribution in [0, 0.1) is 31.7 Å². The van der Waals surface area contributed by atoms with Gasteiger partial charge in [0.25, 0.3) is 0 Å². The van der Waals surface area contributed by atoms with E-state index in [1.54, 1.807) is 53.8 Å². The van der Waals surface area contributed by atoms with Crippen LogP contribution in [-0.4, -0.2) is 32.8 Å². The Labute approximate surface area is 434 Å². The van der Waals surface area contributed by atoms with Gasteiger partial charge in [-0.2, -0.15) is 11.3 Å². The van der Waals surface area contributed by atoms with Gasteiger partial charge in [0.15, 0.2) is 0 Å². The summed E-state index contributed by atoms with van der Waals surface area (Å²) in [7, 11) is 0. The summed E-state index contributed by atoms with van der Waals surface area (Å²) in [5.74, 6) is 6.40. The number of para-hydroxylation sites is 1. The van der Waals surface area contributed by atoms with Crippen molar-refractivity contribution in [2.45, 2.75) is 50.7 Å². The van der Waals surface area contributed by atoms with Gasteiger partial charge in [0.05, 0.1) is 22.6 Å². The van der Waals surface area contributed by atoms with Gasteiger partial charge >= 0.3 is 131 Å². The van der Waals surface area contributed by atoms with Gasteiger partial charge in [0.1, 0.15) is 5.82 Å². The summed E-state index contributed by atoms with van der Waals surface area (Å²) in [5.41, 5.74) is 11.1. The number of benzene rings is 7. The number of hydrogen-bond acceptors (Lipinski definition) is 4. The third-order valence-electron chi connectivity index (χ3n) is 12.1. The number of imidazole rings is 1. The van der Waals surface area contributed by atoms with Crippen LogP contribution in [-0.2, 0) is 20.1 Å². The van der Waals surface area contributed by atoms with Crippen LogP contribution >= 0.6 is 11.3 Å². The van der Waals surface area contributed by atoms with Crippen molar-refractivity contribution in [1.29, 1.82) is 0 Å². The molecule has 0 aliphatic rings. The van der Waals surface area contributed by atoms with Gasteiger partial charge in [-0.05, 0) is 57.9 Å². The van der Waals surface area contributed by atoms with Crippen molar-refractivity contribution in [2.75, 3.05) is 0 Å². The van der Waals surface area contributed by atoms with Crippen molar-refractivity contribution in [2.24, 2.45) is 0 Å². The number of thiophene rings is 1. The first-order valence-corrected chi connectivity index (χ1v) is 30.6. The summed E-state index contributed by atoms with van der Waals surface area (Å²) in [6.45, 7) is -0.507. The van der Waals surface area contributed by atoms with Gasteiger partial charge in [-0.15, -0.1) is 18.2 Å². The Hall–Kier alpha value is -6.35. The van der Waals surface area contributed by atoms with E-state index >= 15 is 4.39 Å². The Balaban J connectivity index is 0.000000239. The van der Waals surface area contributed by atoms with Crippen molar-refractivity contribution >= 4 is 60.2 Å². The SMILES string of the molecule is [2H]C([2H])([2H])c1c[c-]c(-c2cc(C([2H])(C)C)[c]([Ge]([CH3])([CH3])[CH3])cn2)cc1.[2H]C([2H])([2H])c1ccc(-c2cc3c(cn2)sc2c(-c4nc5cccc(F)c5n4-c4cc(-c5ccccc5)ccc4-c4ccccc4)[c-]ccc23)cc1.[Ir]. The van der Waals surface area contributed by atoms with E-state index in [4.69, 9.17) is 19.6 Å². The van der Waals surface area contributed by atoms with E-state index in [0.29, 0.717) is 16.9 Å². The molecule has 1 radical (unpaired) electrons. The number of aromatic nitrogens is 4. The van der Waals surface area contributed by atoms with Crippen LogP contribution < -0.4 is 4.40 Å². The molecule has 7 aromatic carbocycles. The minimum atomic E-state index is -2.17. The van der Waals surface area contributed by atoms with Gasteiger partial charge in [-0.3, -0.25) is 9.97 Å². The number of halogens is 1. The number of fused-ring (bicyclic) bond motifs is 4. The summed E-state index contributed by atoms with van der Waals surface area (Å²) in [5, 5.41) is 2.02. The average molecular weight is 1160 g/mol. The van der Waals surface area contributed by atoms with E-state index < -0.39 is 32.9 Å². The molecule has 0 spiro atoms. The van der Waals surface area contributed by atoms with Crippen molar-refractivity contribution in [3.05, 3.63) is 211 Å². The predicted octanol–water partition coefficient (Wildman–Crippen LogP) is 16.2. The molecule has 0 unspecified atom stereocenters. The molecular weight excluding hydrogens is 1100 g/mol. The summed E-state index contributed by atoms with van der Waals surface area (Å²) >= 11 is -0.544. The largest absolute Gasteiger partial charge is 0.330 e. The molecule has 69 heavy (non-hydrogen) atoms. The minimum absolute atomic E-state index is 0. The molecule has 0 aliphatic heterocycles. The first kappa shape index (κ1) is 39.5. The summed E-state index contributed by atoms with van der Waals surface area (Å²) in [4.78, 5) is 14.4. The third kappa shape index (κ3) is 9.67. The quantitative estimate of drug-likeness (QED) is 0.112. The molecule has 4 heterocycles. The summed E-state index contributed by atoms with van der Waals surface area (Å²) in [6.07, 6.45) is 3.77. The molecular formula is C61H51FGeIrN4S-2. The standard InChI is InChI=1S/C43H27FN3S.C18H24GeN.Ir/c1-27-18-20-30(21-19-27)38-25-35-33-14-8-15-34(42(33)48-40(35)26-45-38)43-46-37-17-9-16-36(44)41(37)47(43)39-24-31(28-10-4-2-5-11-28)22-23-32(39)29-12-6-3-7-13-29;1-13(2)16-11-18(15-9-7-14(3)8-10-15)20-12-17(16)19(4,5)6;/h2-14,16-26H,1H3;7-9,11-13H,1-6H3;/q2*-1;/i1D3;3D3,13D;. The van der Waals surface area contributed by atoms with Gasteiger partial charge in [0, 0.05) is 51.9 Å². The van der Waals surface area contributed by atoms with Crippen molar-refractivity contribution in [1.82, 2.24) is 19.5 Å². The zero-order valence-electron chi connectivity index (χ0n) is 45.7. The molecule has 0 fully saturated rings. The minimum Gasteiger partial charge on any atom is -0.330 e. The van der Waals surface area contributed by atoms with Crippen LogP contribution in [0.15, 0.2) is 176 Å². The number of hydrogen-bond donors (Lipinski definition) is 0. The molecule has 0 atom stereocenters. The predicted molar refractivity (Wildman–Crippen MR) is 287 cm³/mol. The van der Waals surface area contributed by atoms with Gasteiger partial charge in [0.2, 0.25) is 0 Å². The normalized spacial score (nSPS) is 13.5. The first-order valence-electron chi connectivity index (χ1n) is 25.9. The Morgan fingerprint density at radius 3 is 2.09 bits per heavy atom. The number of rotatable bonds is 8. The maximum Gasteiger partial charge on any atom is 0.148 e. The maximum absolute atomic E-state index is 16.1. The molecule has 0 amide bonds. The molecule has 4 nitrogen and oxygen atoms in total. The monoisotopic (exact) mass is 1160 g/mol. The molecule has 11 aromatic rings. The Morgan fingerprint density at radius 2 is 1.39 bits per heavy atom. The second kappa shape index (κ2) is 19.9. The van der Waals surface area contributed by atoms with Crippen LogP contribution in [0.25, 0.3) is 93.0 Å². The Kier molecular flexibility index (Phi) is 11.4. The zero-order valence-corrected chi connectivity index (χ0v) is 44.0. The van der Waals surface area contributed by atoms with E-state index in [0.717, 1.165) is 81.8 Å². The van der Waals surface area contributed by atoms with Crippen LogP contribution in [0.3, 0.4) is 0 Å². The van der Waals surface area contributed by atoms with E-state index in [-0.39, 0.29) is 37.0 Å². The van der Waals surface area contributed by atoms with E-state index in [2.05, 4.69) is 76.8 Å². The maximum atomic E-state index is 16.1. The fourth-order valence-corrected chi connectivity index (χ4v) is 13.2. The van der Waals surface area contributed by atoms with Crippen molar-refractivity contribution in [3.8, 4) is 61.8 Å². The number of aryl methyl sites for hydroxylation is 2. The molecule has 0 aliphatic carbocycles. The number of nitrogens with zero attached hydrogens (tertiary/aromatic N) is 4. The molecule has 8 heteroatoms. The van der Waals surface area contributed by atoms with Crippen molar-refractivity contribution < 1.29 is 34.1 Å². The molecule has 11 rings (SSSR count). The van der Waals surface area contributed by atoms with E-state index in [1.165, 1.54) is 16.5 Å². The summed E-state index contributed by atoms with van der Waals surface area (Å²) < 4.78 is 75.2. The third-order valence-corrected chi connectivity index (χ3v) is 17.5. The average Bonchev–Trinajstić information content (AvgIpc) is 3.98. The second-order valence-electron chi connectivity index (χ2n) is 18.0. The fourth-order valence-electron chi connectivity index (χ4n) is 8.69. The van der Waals surface area contributed by atoms with Gasteiger partial charge in [-0.1, -0.05) is 120 Å². The Bertz CT molecular complexity index is 3890. The smallest absolute Gasteiger partial charge is 0.148 e. The molecule has 4 aromatic heterocycles. The zero-order chi connectivity index (χ0) is 53.0. The van der Waals surface area contributed by atoms with Crippen LogP contribution in [0.1, 0.15) is 46.0 Å². The topological polar surface area (TPSA) is 43.6 Å². The molecule has 343 valence electrons. The van der Waals surface area contributed by atoms with Crippen molar-refractivity contribution in [3.63, 3.8) is 0 Å². The molecule has 0 N–H and O–H groups in total. The molecule has 0 bridgehead atoms. The van der Waals surface area contributed by atoms with E-state index in [1.807, 2.05) is 97.5 Å². The fraction of sp³-hybridized carbons (Fsp3) is 0.131. The molecule has 0 saturated heterocycles. The van der Waals surface area contributed by atoms with Gasteiger partial charge in [-0.25, -0.2) is 4.39 Å². The van der Waals surface area contributed by atoms with Crippen LogP contribution in [0.5, 0.6) is 0 Å². The number of pyridine rings is 2. The Morgan fingerprint density at radius 1 is 0.681 bits per heavy atom. The van der Waals surface area contributed by atoms with E-state index in [9.17, 15) is 0 Å².